The number of carbonyl (C=O) groups is 2. The molecule has 1 aromatic rings. The normalized spacial score (nSPS) is 11.5. The maximum absolute atomic E-state index is 12.3. The molecule has 2 N–H and O–H groups in total. The van der Waals surface area contributed by atoms with E-state index in [0.29, 0.717) is 28.1 Å². The van der Waals surface area contributed by atoms with E-state index in [1.54, 1.807) is 19.1 Å². The zero-order valence-electron chi connectivity index (χ0n) is 13.2. The summed E-state index contributed by atoms with van der Waals surface area (Å²) >= 11 is 3.34. The first kappa shape index (κ1) is 18.3. The number of hydrogen-bond donors (Lipinski definition) is 2. The Balaban J connectivity index is 2.87. The van der Waals surface area contributed by atoms with Crippen LogP contribution in [-0.2, 0) is 4.79 Å². The van der Waals surface area contributed by atoms with Crippen LogP contribution in [0.25, 0.3) is 0 Å². The van der Waals surface area contributed by atoms with Crippen molar-refractivity contribution < 1.29 is 19.1 Å². The predicted octanol–water partition coefficient (Wildman–Crippen LogP) is 2.11. The molecule has 0 unspecified atom stereocenters. The zero-order valence-corrected chi connectivity index (χ0v) is 14.7. The van der Waals surface area contributed by atoms with Crippen LogP contribution in [0.15, 0.2) is 16.6 Å². The molecule has 0 radical (unpaired) electrons. The smallest absolute Gasteiger partial charge is 0.252 e. The standard InChI is InChI=1S/C15H21BrN2O4/c1-5-6-17-14(19)9(2)18-15(20)10-7-11(21-3)13(16)12(8-10)22-4/h7-9H,5-6H2,1-4H3,(H,17,19)(H,18,20)/t9-/m1/s1. The highest BCUT2D eigenvalue weighted by Gasteiger charge is 2.19. The molecular formula is C15H21BrN2O4. The van der Waals surface area contributed by atoms with Crippen molar-refractivity contribution in [2.75, 3.05) is 20.8 Å². The average Bonchev–Trinajstić information content (AvgIpc) is 2.52. The van der Waals surface area contributed by atoms with Gasteiger partial charge in [-0.05, 0) is 41.4 Å². The maximum atomic E-state index is 12.3. The molecule has 6 nitrogen and oxygen atoms in total. The van der Waals surface area contributed by atoms with Gasteiger partial charge in [0.1, 0.15) is 22.0 Å². The number of halogens is 1. The second kappa shape index (κ2) is 8.63. The molecule has 122 valence electrons. The third-order valence-corrected chi connectivity index (χ3v) is 3.78. The van der Waals surface area contributed by atoms with E-state index in [0.717, 1.165) is 6.42 Å². The van der Waals surface area contributed by atoms with E-state index in [-0.39, 0.29) is 11.8 Å². The lowest BCUT2D eigenvalue weighted by Crippen LogP contribution is -2.45. The summed E-state index contributed by atoms with van der Waals surface area (Å²) in [6, 6.07) is 2.54. The van der Waals surface area contributed by atoms with Gasteiger partial charge in [0.05, 0.1) is 14.2 Å². The van der Waals surface area contributed by atoms with E-state index in [4.69, 9.17) is 9.47 Å². The molecule has 0 bridgehead atoms. The van der Waals surface area contributed by atoms with Crippen molar-refractivity contribution in [3.8, 4) is 11.5 Å². The van der Waals surface area contributed by atoms with Gasteiger partial charge in [-0.3, -0.25) is 9.59 Å². The van der Waals surface area contributed by atoms with Gasteiger partial charge in [0.15, 0.2) is 0 Å². The number of amides is 2. The monoisotopic (exact) mass is 372 g/mol. The van der Waals surface area contributed by atoms with Gasteiger partial charge in [-0.25, -0.2) is 0 Å². The van der Waals surface area contributed by atoms with Crippen LogP contribution in [0.1, 0.15) is 30.6 Å². The van der Waals surface area contributed by atoms with Crippen molar-refractivity contribution in [2.45, 2.75) is 26.3 Å². The molecule has 0 saturated carbocycles. The summed E-state index contributed by atoms with van der Waals surface area (Å²) in [4.78, 5) is 24.0. The highest BCUT2D eigenvalue weighted by molar-refractivity contribution is 9.10. The Morgan fingerprint density at radius 1 is 1.23 bits per heavy atom. The third-order valence-electron chi connectivity index (χ3n) is 3.00. The summed E-state index contributed by atoms with van der Waals surface area (Å²) in [5, 5.41) is 5.38. The van der Waals surface area contributed by atoms with Crippen LogP contribution in [0.3, 0.4) is 0 Å². The Hall–Kier alpha value is -1.76. The summed E-state index contributed by atoms with van der Waals surface area (Å²) < 4.78 is 11.0. The van der Waals surface area contributed by atoms with E-state index >= 15 is 0 Å². The predicted molar refractivity (Wildman–Crippen MR) is 87.5 cm³/mol. The zero-order chi connectivity index (χ0) is 16.7. The van der Waals surface area contributed by atoms with Gasteiger partial charge in [-0.15, -0.1) is 0 Å². The lowest BCUT2D eigenvalue weighted by atomic mass is 10.1. The fourth-order valence-electron chi connectivity index (χ4n) is 1.75. The summed E-state index contributed by atoms with van der Waals surface area (Å²) in [6.45, 7) is 4.18. The Bertz CT molecular complexity index is 523. The van der Waals surface area contributed by atoms with Crippen LogP contribution < -0.4 is 20.1 Å². The van der Waals surface area contributed by atoms with Crippen LogP contribution in [-0.4, -0.2) is 38.6 Å². The van der Waals surface area contributed by atoms with E-state index in [9.17, 15) is 9.59 Å². The van der Waals surface area contributed by atoms with Crippen molar-refractivity contribution in [3.63, 3.8) is 0 Å². The molecule has 2 amide bonds. The molecule has 0 aliphatic rings. The Morgan fingerprint density at radius 2 is 1.77 bits per heavy atom. The number of benzene rings is 1. The topological polar surface area (TPSA) is 76.7 Å². The van der Waals surface area contributed by atoms with Crippen molar-refractivity contribution >= 4 is 27.7 Å². The van der Waals surface area contributed by atoms with Gasteiger partial charge < -0.3 is 20.1 Å². The molecule has 0 aliphatic carbocycles. The molecule has 0 saturated heterocycles. The Kier molecular flexibility index (Phi) is 7.17. The highest BCUT2D eigenvalue weighted by Crippen LogP contribution is 2.35. The minimum absolute atomic E-state index is 0.216. The maximum Gasteiger partial charge on any atom is 0.252 e. The lowest BCUT2D eigenvalue weighted by Gasteiger charge is -2.15. The molecule has 1 rings (SSSR count). The number of ether oxygens (including phenoxy) is 2. The van der Waals surface area contributed by atoms with Crippen LogP contribution in [0.2, 0.25) is 0 Å². The number of methoxy groups -OCH3 is 2. The van der Waals surface area contributed by atoms with Crippen molar-refractivity contribution in [1.82, 2.24) is 10.6 Å². The number of nitrogens with one attached hydrogen (secondary N) is 2. The molecular weight excluding hydrogens is 352 g/mol. The summed E-state index contributed by atoms with van der Waals surface area (Å²) in [7, 11) is 3.00. The minimum atomic E-state index is -0.625. The van der Waals surface area contributed by atoms with Crippen molar-refractivity contribution in [1.29, 1.82) is 0 Å². The minimum Gasteiger partial charge on any atom is -0.495 e. The Labute approximate surface area is 138 Å². The fourth-order valence-corrected chi connectivity index (χ4v) is 2.30. The van der Waals surface area contributed by atoms with E-state index in [1.807, 2.05) is 6.92 Å². The number of rotatable bonds is 7. The largest absolute Gasteiger partial charge is 0.495 e. The van der Waals surface area contributed by atoms with E-state index < -0.39 is 6.04 Å². The molecule has 0 aromatic heterocycles. The fraction of sp³-hybridized carbons (Fsp3) is 0.467. The molecule has 1 atom stereocenters. The molecule has 0 spiro atoms. The molecule has 1 aromatic carbocycles. The van der Waals surface area contributed by atoms with Crippen LogP contribution in [0, 0.1) is 0 Å². The van der Waals surface area contributed by atoms with Crippen LogP contribution >= 0.6 is 15.9 Å². The summed E-state index contributed by atoms with van der Waals surface area (Å²) in [6.07, 6.45) is 0.841. The van der Waals surface area contributed by atoms with Gasteiger partial charge in [0, 0.05) is 12.1 Å². The van der Waals surface area contributed by atoms with Crippen molar-refractivity contribution in [3.05, 3.63) is 22.2 Å². The number of carbonyl (C=O) groups excluding carboxylic acids is 2. The van der Waals surface area contributed by atoms with Gasteiger partial charge in [0.25, 0.3) is 5.91 Å². The number of hydrogen-bond acceptors (Lipinski definition) is 4. The van der Waals surface area contributed by atoms with Crippen molar-refractivity contribution in [2.24, 2.45) is 0 Å². The van der Waals surface area contributed by atoms with Gasteiger partial charge in [-0.2, -0.15) is 0 Å². The van der Waals surface area contributed by atoms with Gasteiger partial charge in [-0.1, -0.05) is 6.92 Å². The third kappa shape index (κ3) is 4.62. The molecule has 0 aliphatic heterocycles. The molecule has 0 heterocycles. The van der Waals surface area contributed by atoms with Crippen LogP contribution in [0.4, 0.5) is 0 Å². The summed E-state index contributed by atoms with van der Waals surface area (Å²) in [5.41, 5.74) is 0.354. The molecule has 0 fully saturated rings. The first-order chi connectivity index (χ1) is 10.4. The second-order valence-corrected chi connectivity index (χ2v) is 5.47. The first-order valence-corrected chi connectivity index (χ1v) is 7.74. The highest BCUT2D eigenvalue weighted by atomic mass is 79.9. The SMILES string of the molecule is CCCNC(=O)[C@@H](C)NC(=O)c1cc(OC)c(Br)c(OC)c1. The summed E-state index contributed by atoms with van der Waals surface area (Å²) in [5.74, 6) is 0.370. The van der Waals surface area contributed by atoms with E-state index in [1.165, 1.54) is 14.2 Å². The van der Waals surface area contributed by atoms with E-state index in [2.05, 4.69) is 26.6 Å². The lowest BCUT2D eigenvalue weighted by molar-refractivity contribution is -0.122. The second-order valence-electron chi connectivity index (χ2n) is 4.68. The molecule has 22 heavy (non-hydrogen) atoms. The average molecular weight is 373 g/mol. The molecule has 7 heteroatoms. The first-order valence-electron chi connectivity index (χ1n) is 6.94. The van der Waals surface area contributed by atoms with Gasteiger partial charge >= 0.3 is 0 Å². The van der Waals surface area contributed by atoms with Crippen LogP contribution in [0.5, 0.6) is 11.5 Å². The quantitative estimate of drug-likeness (QED) is 0.768. The van der Waals surface area contributed by atoms with Gasteiger partial charge in [0.2, 0.25) is 5.91 Å². The Morgan fingerprint density at radius 3 is 2.23 bits per heavy atom.